The Kier molecular flexibility index (Phi) is 9.96. The number of rotatable bonds is 13. The molecule has 1 heterocycles. The third-order valence-electron chi connectivity index (χ3n) is 7.29. The summed E-state index contributed by atoms with van der Waals surface area (Å²) in [5, 5.41) is 14.0. The summed E-state index contributed by atoms with van der Waals surface area (Å²) >= 11 is 0. The quantitative estimate of drug-likeness (QED) is 0.179. The monoisotopic (exact) mass is 541 g/mol. The third kappa shape index (κ3) is 7.48. The molecule has 0 aromatic heterocycles. The zero-order valence-corrected chi connectivity index (χ0v) is 24.1. The summed E-state index contributed by atoms with van der Waals surface area (Å²) in [7, 11) is 0.512. The van der Waals surface area contributed by atoms with Crippen molar-refractivity contribution in [2.24, 2.45) is 0 Å². The van der Waals surface area contributed by atoms with Gasteiger partial charge in [-0.05, 0) is 82.2 Å². The molecule has 1 aliphatic heterocycles. The Labute approximate surface area is 238 Å². The molecule has 0 fully saturated rings. The van der Waals surface area contributed by atoms with Gasteiger partial charge in [-0.15, -0.1) is 0 Å². The van der Waals surface area contributed by atoms with Gasteiger partial charge >= 0.3 is 7.12 Å². The summed E-state index contributed by atoms with van der Waals surface area (Å²) in [6.45, 7) is 7.30. The number of ketones is 2. The highest BCUT2D eigenvalue weighted by molar-refractivity contribution is 6.63. The Morgan fingerprint density at radius 2 is 1.65 bits per heavy atom. The predicted octanol–water partition coefficient (Wildman–Crippen LogP) is 5.06. The van der Waals surface area contributed by atoms with Crippen molar-refractivity contribution in [2.45, 2.75) is 71.4 Å². The van der Waals surface area contributed by atoms with Crippen molar-refractivity contribution >= 4 is 24.1 Å². The second-order valence-corrected chi connectivity index (χ2v) is 11.5. The van der Waals surface area contributed by atoms with Crippen molar-refractivity contribution in [3.63, 3.8) is 0 Å². The lowest BCUT2D eigenvalue weighted by molar-refractivity contribution is 0.0976. The molecule has 4 rings (SSSR count). The molecule has 3 aromatic carbocycles. The van der Waals surface area contributed by atoms with Gasteiger partial charge in [-0.3, -0.25) is 9.59 Å². The molecule has 0 unspecified atom stereocenters. The van der Waals surface area contributed by atoms with Crippen LogP contribution in [0.4, 0.5) is 0 Å². The fourth-order valence-electron chi connectivity index (χ4n) is 5.19. The van der Waals surface area contributed by atoms with E-state index in [1.54, 1.807) is 7.11 Å². The number of hydrogen-bond acceptors (Lipinski definition) is 6. The molecule has 0 saturated carbocycles. The van der Waals surface area contributed by atoms with Crippen molar-refractivity contribution in [1.29, 1.82) is 0 Å². The molecule has 0 spiro atoms. The maximum absolute atomic E-state index is 13.2. The highest BCUT2D eigenvalue weighted by Crippen LogP contribution is 2.29. The molecule has 0 aliphatic carbocycles. The van der Waals surface area contributed by atoms with Gasteiger partial charge in [0.1, 0.15) is 5.75 Å². The zero-order chi connectivity index (χ0) is 28.7. The molecule has 40 heavy (non-hydrogen) atoms. The molecule has 0 amide bonds. The SMILES string of the molecule is COc1c(CCCCc2ccc(C(=O)c3ccccc3)cc2)cc(C(=O)CCCNC(C)(C)C)c2c1B(O)OC2. The average molecular weight is 541 g/mol. The van der Waals surface area contributed by atoms with Crippen LogP contribution in [0, 0.1) is 0 Å². The number of methoxy groups -OCH3 is 1. The Morgan fingerprint density at radius 1 is 0.975 bits per heavy atom. The Morgan fingerprint density at radius 3 is 2.33 bits per heavy atom. The van der Waals surface area contributed by atoms with E-state index in [4.69, 9.17) is 9.39 Å². The number of ether oxygens (including phenoxy) is 1. The molecule has 2 N–H and O–H groups in total. The molecule has 3 aromatic rings. The summed E-state index contributed by atoms with van der Waals surface area (Å²) in [4.78, 5) is 25.9. The maximum atomic E-state index is 13.2. The minimum atomic E-state index is -1.09. The minimum Gasteiger partial charge on any atom is -0.497 e. The molecule has 0 atom stereocenters. The molecule has 0 bridgehead atoms. The molecule has 210 valence electrons. The largest absolute Gasteiger partial charge is 0.497 e. The van der Waals surface area contributed by atoms with Gasteiger partial charge in [0.25, 0.3) is 0 Å². The van der Waals surface area contributed by atoms with Crippen LogP contribution in [-0.4, -0.2) is 42.9 Å². The average Bonchev–Trinajstić information content (AvgIpc) is 3.34. The van der Waals surface area contributed by atoms with E-state index in [2.05, 4.69) is 26.1 Å². The van der Waals surface area contributed by atoms with E-state index in [1.807, 2.05) is 60.7 Å². The first kappa shape index (κ1) is 29.7. The van der Waals surface area contributed by atoms with Crippen molar-refractivity contribution in [1.82, 2.24) is 5.32 Å². The van der Waals surface area contributed by atoms with Crippen LogP contribution < -0.4 is 15.5 Å². The van der Waals surface area contributed by atoms with Crippen molar-refractivity contribution < 1.29 is 24.0 Å². The molecule has 1 aliphatic rings. The molecular weight excluding hydrogens is 501 g/mol. The van der Waals surface area contributed by atoms with Gasteiger partial charge < -0.3 is 19.7 Å². The van der Waals surface area contributed by atoms with E-state index in [0.29, 0.717) is 34.3 Å². The highest BCUT2D eigenvalue weighted by Gasteiger charge is 2.36. The number of unbranched alkanes of at least 4 members (excludes halogenated alkanes) is 1. The molecule has 7 heteroatoms. The summed E-state index contributed by atoms with van der Waals surface area (Å²) in [6, 6.07) is 19.1. The highest BCUT2D eigenvalue weighted by atomic mass is 16.5. The molecular formula is C33H40BNO5. The first-order valence-electron chi connectivity index (χ1n) is 14.2. The summed E-state index contributed by atoms with van der Waals surface area (Å²) < 4.78 is 11.2. The summed E-state index contributed by atoms with van der Waals surface area (Å²) in [5.74, 6) is 0.714. The number of benzene rings is 3. The second kappa shape index (κ2) is 13.4. The normalized spacial score (nSPS) is 12.9. The molecule has 0 radical (unpaired) electrons. The Balaban J connectivity index is 1.39. The fraction of sp³-hybridized carbons (Fsp3) is 0.394. The second-order valence-electron chi connectivity index (χ2n) is 11.5. The number of carbonyl (C=O) groups excluding carboxylic acids is 2. The lowest BCUT2D eigenvalue weighted by Gasteiger charge is -2.20. The minimum absolute atomic E-state index is 0.0111. The van der Waals surface area contributed by atoms with E-state index < -0.39 is 7.12 Å². The number of hydrogen-bond donors (Lipinski definition) is 2. The predicted molar refractivity (Wildman–Crippen MR) is 160 cm³/mol. The zero-order valence-electron chi connectivity index (χ0n) is 24.1. The number of aryl methyl sites for hydroxylation is 2. The first-order chi connectivity index (χ1) is 19.2. The lowest BCUT2D eigenvalue weighted by Crippen LogP contribution is -2.36. The van der Waals surface area contributed by atoms with Gasteiger partial charge in [0, 0.05) is 34.1 Å². The van der Waals surface area contributed by atoms with Crippen LogP contribution in [0.3, 0.4) is 0 Å². The van der Waals surface area contributed by atoms with E-state index in [0.717, 1.165) is 49.8 Å². The van der Waals surface area contributed by atoms with E-state index in [-0.39, 0.29) is 23.7 Å². The van der Waals surface area contributed by atoms with Crippen LogP contribution in [-0.2, 0) is 24.1 Å². The van der Waals surface area contributed by atoms with Crippen molar-refractivity contribution in [3.8, 4) is 5.75 Å². The van der Waals surface area contributed by atoms with Crippen LogP contribution in [0.2, 0.25) is 0 Å². The standard InChI is InChI=1S/C33H40BNO5/c1-33(2,3)35-20-10-15-29(36)27-21-26(32(39-4)30-28(27)22-40-34(30)38)14-9-8-11-23-16-18-25(19-17-23)31(37)24-12-6-5-7-13-24/h5-7,12-13,16-19,21,35,38H,8-11,14-15,20,22H2,1-4H3. The van der Waals surface area contributed by atoms with Crippen LogP contribution in [0.15, 0.2) is 60.7 Å². The number of fused-ring (bicyclic) bond motifs is 1. The summed E-state index contributed by atoms with van der Waals surface area (Å²) in [6.07, 6.45) is 4.60. The maximum Gasteiger partial charge on any atom is 0.495 e. The Bertz CT molecular complexity index is 1320. The number of Topliss-reactive ketones (excluding diaryl/α,β-unsaturated/α-hetero) is 1. The lowest BCUT2D eigenvalue weighted by atomic mass is 9.75. The van der Waals surface area contributed by atoms with Gasteiger partial charge in [0.2, 0.25) is 0 Å². The van der Waals surface area contributed by atoms with Gasteiger partial charge in [-0.25, -0.2) is 0 Å². The summed E-state index contributed by atoms with van der Waals surface area (Å²) in [5.41, 5.74) is 5.45. The molecule has 6 nitrogen and oxygen atoms in total. The molecule has 0 saturated heterocycles. The number of nitrogens with one attached hydrogen (secondary N) is 1. The van der Waals surface area contributed by atoms with Gasteiger partial charge in [0.05, 0.1) is 13.7 Å². The fourth-order valence-corrected chi connectivity index (χ4v) is 5.19. The topological polar surface area (TPSA) is 84.9 Å². The van der Waals surface area contributed by atoms with Crippen LogP contribution >= 0.6 is 0 Å². The van der Waals surface area contributed by atoms with Crippen LogP contribution in [0.5, 0.6) is 5.75 Å². The Hall–Kier alpha value is -3.26. The first-order valence-corrected chi connectivity index (χ1v) is 14.2. The van der Waals surface area contributed by atoms with Crippen molar-refractivity contribution in [3.05, 3.63) is 94.0 Å². The van der Waals surface area contributed by atoms with Gasteiger partial charge in [0.15, 0.2) is 11.6 Å². The van der Waals surface area contributed by atoms with Crippen molar-refractivity contribution in [2.75, 3.05) is 13.7 Å². The van der Waals surface area contributed by atoms with Crippen LogP contribution in [0.25, 0.3) is 0 Å². The number of carbonyl (C=O) groups is 2. The third-order valence-corrected chi connectivity index (χ3v) is 7.29. The van der Waals surface area contributed by atoms with Gasteiger partial charge in [-0.2, -0.15) is 0 Å². The van der Waals surface area contributed by atoms with E-state index in [1.165, 1.54) is 5.56 Å². The van der Waals surface area contributed by atoms with E-state index >= 15 is 0 Å². The van der Waals surface area contributed by atoms with Gasteiger partial charge in [-0.1, -0.05) is 54.6 Å². The van der Waals surface area contributed by atoms with E-state index in [9.17, 15) is 14.6 Å². The smallest absolute Gasteiger partial charge is 0.495 e. The van der Waals surface area contributed by atoms with Crippen LogP contribution in [0.1, 0.15) is 89.4 Å².